The van der Waals surface area contributed by atoms with Gasteiger partial charge >= 0.3 is 0 Å². The van der Waals surface area contributed by atoms with Crippen molar-refractivity contribution in [2.24, 2.45) is 5.92 Å². The fraction of sp³-hybridized carbons (Fsp3) is 0.900. The molecule has 1 aliphatic heterocycles. The standard InChI is InChI=1S/C10H19NO2/c1-8(2)10(12)11-6-4-9(13-3)5-7-11/h8-9H,4-7H2,1-3H3. The van der Waals surface area contributed by atoms with E-state index in [-0.39, 0.29) is 11.8 Å². The lowest BCUT2D eigenvalue weighted by Gasteiger charge is -2.32. The molecule has 1 fully saturated rings. The van der Waals surface area contributed by atoms with Crippen LogP contribution in [0.5, 0.6) is 0 Å². The minimum atomic E-state index is 0.124. The van der Waals surface area contributed by atoms with Gasteiger partial charge < -0.3 is 9.64 Å². The molecule has 1 amide bonds. The molecule has 0 bridgehead atoms. The number of amides is 1. The second-order valence-electron chi connectivity index (χ2n) is 3.92. The minimum absolute atomic E-state index is 0.124. The topological polar surface area (TPSA) is 29.5 Å². The molecule has 0 N–H and O–H groups in total. The average molecular weight is 185 g/mol. The predicted octanol–water partition coefficient (Wildman–Crippen LogP) is 1.28. The van der Waals surface area contributed by atoms with E-state index in [2.05, 4.69) is 0 Å². The number of ether oxygens (including phenoxy) is 1. The highest BCUT2D eigenvalue weighted by molar-refractivity contribution is 5.78. The average Bonchev–Trinajstić information content (AvgIpc) is 2.17. The third-order valence-electron chi connectivity index (χ3n) is 2.58. The monoisotopic (exact) mass is 185 g/mol. The van der Waals surface area contributed by atoms with Crippen molar-refractivity contribution < 1.29 is 9.53 Å². The van der Waals surface area contributed by atoms with E-state index >= 15 is 0 Å². The van der Waals surface area contributed by atoms with E-state index in [0.717, 1.165) is 25.9 Å². The fourth-order valence-corrected chi connectivity index (χ4v) is 1.68. The van der Waals surface area contributed by atoms with Gasteiger partial charge in [0.1, 0.15) is 0 Å². The molecule has 0 atom stereocenters. The molecular weight excluding hydrogens is 166 g/mol. The Morgan fingerprint density at radius 2 is 1.92 bits per heavy atom. The van der Waals surface area contributed by atoms with E-state index in [1.54, 1.807) is 7.11 Å². The number of carbonyl (C=O) groups is 1. The lowest BCUT2D eigenvalue weighted by atomic mass is 10.1. The van der Waals surface area contributed by atoms with Crippen LogP contribution in [0.4, 0.5) is 0 Å². The van der Waals surface area contributed by atoms with Crippen LogP contribution in [-0.4, -0.2) is 37.1 Å². The molecule has 1 saturated heterocycles. The molecule has 1 aliphatic rings. The molecule has 0 spiro atoms. The fourth-order valence-electron chi connectivity index (χ4n) is 1.68. The zero-order valence-corrected chi connectivity index (χ0v) is 8.75. The summed E-state index contributed by atoms with van der Waals surface area (Å²) in [7, 11) is 1.74. The third-order valence-corrected chi connectivity index (χ3v) is 2.58. The van der Waals surface area contributed by atoms with Gasteiger partial charge in [-0.25, -0.2) is 0 Å². The van der Waals surface area contributed by atoms with Crippen LogP contribution < -0.4 is 0 Å². The summed E-state index contributed by atoms with van der Waals surface area (Å²) < 4.78 is 5.24. The molecule has 1 rings (SSSR count). The van der Waals surface area contributed by atoms with Crippen LogP contribution in [0.2, 0.25) is 0 Å². The Hall–Kier alpha value is -0.570. The van der Waals surface area contributed by atoms with Crippen molar-refractivity contribution in [3.05, 3.63) is 0 Å². The maximum Gasteiger partial charge on any atom is 0.225 e. The zero-order chi connectivity index (χ0) is 9.84. The lowest BCUT2D eigenvalue weighted by molar-refractivity contribution is -0.136. The quantitative estimate of drug-likeness (QED) is 0.648. The van der Waals surface area contributed by atoms with E-state index < -0.39 is 0 Å². The highest BCUT2D eigenvalue weighted by Gasteiger charge is 2.23. The van der Waals surface area contributed by atoms with Gasteiger partial charge in [-0.2, -0.15) is 0 Å². The number of hydrogen-bond donors (Lipinski definition) is 0. The van der Waals surface area contributed by atoms with Crippen LogP contribution in [0, 0.1) is 5.92 Å². The Balaban J connectivity index is 2.36. The Labute approximate surface area is 80.1 Å². The van der Waals surface area contributed by atoms with Gasteiger partial charge in [-0.05, 0) is 12.8 Å². The van der Waals surface area contributed by atoms with Crippen molar-refractivity contribution in [1.29, 1.82) is 0 Å². The second-order valence-corrected chi connectivity index (χ2v) is 3.92. The van der Waals surface area contributed by atoms with E-state index in [9.17, 15) is 4.79 Å². The van der Waals surface area contributed by atoms with E-state index in [1.807, 2.05) is 18.7 Å². The van der Waals surface area contributed by atoms with Gasteiger partial charge in [0.25, 0.3) is 0 Å². The highest BCUT2D eigenvalue weighted by atomic mass is 16.5. The largest absolute Gasteiger partial charge is 0.381 e. The molecule has 13 heavy (non-hydrogen) atoms. The molecule has 0 aromatic carbocycles. The van der Waals surface area contributed by atoms with E-state index in [1.165, 1.54) is 0 Å². The van der Waals surface area contributed by atoms with Gasteiger partial charge in [0.15, 0.2) is 0 Å². The van der Waals surface area contributed by atoms with E-state index in [4.69, 9.17) is 4.74 Å². The van der Waals surface area contributed by atoms with Crippen molar-refractivity contribution in [3.63, 3.8) is 0 Å². The van der Waals surface area contributed by atoms with Crippen molar-refractivity contribution in [2.45, 2.75) is 32.8 Å². The maximum atomic E-state index is 11.6. The van der Waals surface area contributed by atoms with Crippen LogP contribution in [0.25, 0.3) is 0 Å². The van der Waals surface area contributed by atoms with Gasteiger partial charge in [-0.15, -0.1) is 0 Å². The van der Waals surface area contributed by atoms with Gasteiger partial charge in [-0.1, -0.05) is 13.8 Å². The lowest BCUT2D eigenvalue weighted by Crippen LogP contribution is -2.42. The normalized spacial score (nSPS) is 19.5. The molecule has 0 unspecified atom stereocenters. The number of rotatable bonds is 2. The molecule has 3 heteroatoms. The summed E-state index contributed by atoms with van der Waals surface area (Å²) in [6.45, 7) is 5.61. The molecule has 0 saturated carbocycles. The number of carbonyl (C=O) groups excluding carboxylic acids is 1. The number of likely N-dealkylation sites (tertiary alicyclic amines) is 1. The molecule has 3 nitrogen and oxygen atoms in total. The Morgan fingerprint density at radius 3 is 2.31 bits per heavy atom. The Bertz CT molecular complexity index is 172. The summed E-state index contributed by atoms with van der Waals surface area (Å²) in [5.41, 5.74) is 0. The first kappa shape index (κ1) is 10.5. The number of methoxy groups -OCH3 is 1. The van der Waals surface area contributed by atoms with Crippen LogP contribution in [0.1, 0.15) is 26.7 Å². The van der Waals surface area contributed by atoms with Gasteiger partial charge in [0.05, 0.1) is 6.10 Å². The van der Waals surface area contributed by atoms with Crippen molar-refractivity contribution in [3.8, 4) is 0 Å². The SMILES string of the molecule is COC1CCN(C(=O)C(C)C)CC1. The first-order valence-corrected chi connectivity index (χ1v) is 4.96. The Kier molecular flexibility index (Phi) is 3.72. The summed E-state index contributed by atoms with van der Waals surface area (Å²) in [6.07, 6.45) is 2.32. The zero-order valence-electron chi connectivity index (χ0n) is 8.75. The number of piperidine rings is 1. The number of hydrogen-bond acceptors (Lipinski definition) is 2. The first-order valence-electron chi connectivity index (χ1n) is 4.96. The highest BCUT2D eigenvalue weighted by Crippen LogP contribution is 2.14. The molecule has 0 radical (unpaired) electrons. The van der Waals surface area contributed by atoms with Gasteiger partial charge in [0.2, 0.25) is 5.91 Å². The molecule has 76 valence electrons. The summed E-state index contributed by atoms with van der Waals surface area (Å²) in [4.78, 5) is 13.5. The molecule has 0 aromatic heterocycles. The molecule has 1 heterocycles. The molecular formula is C10H19NO2. The summed E-state index contributed by atoms with van der Waals surface area (Å²) in [5.74, 6) is 0.397. The summed E-state index contributed by atoms with van der Waals surface area (Å²) in [6, 6.07) is 0. The predicted molar refractivity (Wildman–Crippen MR) is 51.4 cm³/mol. The van der Waals surface area contributed by atoms with Crippen LogP contribution >= 0.6 is 0 Å². The summed E-state index contributed by atoms with van der Waals surface area (Å²) in [5, 5.41) is 0. The van der Waals surface area contributed by atoms with E-state index in [0.29, 0.717) is 6.10 Å². The smallest absolute Gasteiger partial charge is 0.225 e. The van der Waals surface area contributed by atoms with Crippen molar-refractivity contribution in [2.75, 3.05) is 20.2 Å². The maximum absolute atomic E-state index is 11.6. The minimum Gasteiger partial charge on any atom is -0.381 e. The Morgan fingerprint density at radius 1 is 1.38 bits per heavy atom. The van der Waals surface area contributed by atoms with Crippen LogP contribution in [-0.2, 0) is 9.53 Å². The van der Waals surface area contributed by atoms with Crippen molar-refractivity contribution >= 4 is 5.91 Å². The van der Waals surface area contributed by atoms with Crippen LogP contribution in [0.3, 0.4) is 0 Å². The third kappa shape index (κ3) is 2.69. The number of nitrogens with zero attached hydrogens (tertiary/aromatic N) is 1. The van der Waals surface area contributed by atoms with Crippen molar-refractivity contribution in [1.82, 2.24) is 4.90 Å². The van der Waals surface area contributed by atoms with Gasteiger partial charge in [-0.3, -0.25) is 4.79 Å². The van der Waals surface area contributed by atoms with Crippen LogP contribution in [0.15, 0.2) is 0 Å². The molecule has 0 aliphatic carbocycles. The first-order chi connectivity index (χ1) is 6.15. The second kappa shape index (κ2) is 4.61. The molecule has 0 aromatic rings. The summed E-state index contributed by atoms with van der Waals surface area (Å²) >= 11 is 0. The van der Waals surface area contributed by atoms with Gasteiger partial charge in [0, 0.05) is 26.1 Å².